The summed E-state index contributed by atoms with van der Waals surface area (Å²) >= 11 is 0. The van der Waals surface area contributed by atoms with Crippen LogP contribution in [-0.2, 0) is 4.79 Å². The number of amides is 2. The molecule has 2 N–H and O–H groups in total. The van der Waals surface area contributed by atoms with Gasteiger partial charge in [-0.25, -0.2) is 4.79 Å². The average molecular weight is 296 g/mol. The van der Waals surface area contributed by atoms with Crippen LogP contribution in [0.1, 0.15) is 51.4 Å². The molecule has 0 aromatic rings. The van der Waals surface area contributed by atoms with Crippen molar-refractivity contribution >= 4 is 12.0 Å². The maximum atomic E-state index is 12.4. The number of nitrogens with zero attached hydrogens (tertiary/aromatic N) is 1. The lowest BCUT2D eigenvalue weighted by molar-refractivity contribution is -0.132. The maximum Gasteiger partial charge on any atom is 0.405 e. The van der Waals surface area contributed by atoms with Gasteiger partial charge in [0.05, 0.1) is 0 Å². The second-order valence-electron chi connectivity index (χ2n) is 5.93. The van der Waals surface area contributed by atoms with Crippen molar-refractivity contribution in [2.75, 3.05) is 13.6 Å². The number of likely N-dealkylation sites (N-methyl/N-ethyl adjacent to an activating group) is 1. The number of nitrogens with one attached hydrogen (secondary N) is 1. The van der Waals surface area contributed by atoms with Crippen molar-refractivity contribution in [1.82, 2.24) is 10.2 Å². The van der Waals surface area contributed by atoms with Gasteiger partial charge in [0.2, 0.25) is 5.91 Å². The smallest absolute Gasteiger partial charge is 0.405 e. The normalized spacial score (nSPS) is 17.0. The van der Waals surface area contributed by atoms with E-state index in [2.05, 4.69) is 11.9 Å². The third-order valence-corrected chi connectivity index (χ3v) is 4.17. The summed E-state index contributed by atoms with van der Waals surface area (Å²) in [5.74, 6) is 0.341. The number of carbonyl (C=O) groups is 2. The Balaban J connectivity index is 2.55. The quantitative estimate of drug-likeness (QED) is 0.534. The van der Waals surface area contributed by atoms with Crippen molar-refractivity contribution in [2.45, 2.75) is 57.4 Å². The molecule has 0 heterocycles. The summed E-state index contributed by atoms with van der Waals surface area (Å²) in [5.41, 5.74) is 0. The minimum absolute atomic E-state index is 0.118. The van der Waals surface area contributed by atoms with Gasteiger partial charge >= 0.3 is 6.09 Å². The zero-order valence-electron chi connectivity index (χ0n) is 13.0. The molecule has 0 aromatic carbocycles. The summed E-state index contributed by atoms with van der Waals surface area (Å²) in [4.78, 5) is 25.0. The van der Waals surface area contributed by atoms with Crippen LogP contribution >= 0.6 is 0 Å². The Hall–Kier alpha value is -1.52. The fourth-order valence-corrected chi connectivity index (χ4v) is 2.98. The van der Waals surface area contributed by atoms with E-state index in [1.165, 1.54) is 19.3 Å². The number of hydrogen-bond donors (Lipinski definition) is 2. The van der Waals surface area contributed by atoms with E-state index in [4.69, 9.17) is 5.11 Å². The highest BCUT2D eigenvalue weighted by Gasteiger charge is 2.27. The molecule has 0 bridgehead atoms. The first kappa shape index (κ1) is 17.5. The molecule has 1 fully saturated rings. The van der Waals surface area contributed by atoms with E-state index >= 15 is 0 Å². The molecule has 120 valence electrons. The van der Waals surface area contributed by atoms with Crippen LogP contribution in [0.15, 0.2) is 12.7 Å². The first-order chi connectivity index (χ1) is 10.0. The van der Waals surface area contributed by atoms with E-state index in [0.717, 1.165) is 25.7 Å². The number of hydrogen-bond acceptors (Lipinski definition) is 2. The molecule has 1 saturated carbocycles. The lowest BCUT2D eigenvalue weighted by atomic mass is 9.84. The third-order valence-electron chi connectivity index (χ3n) is 4.17. The number of carbonyl (C=O) groups excluding carboxylic acids is 1. The molecule has 5 nitrogen and oxygen atoms in total. The standard InChI is InChI=1S/C16H28N2O3/c1-3-4-8-11-18(2)15(19)14(17-16(20)21)12-13-9-6-5-7-10-13/h3,13-14,17H,1,4-12H2,2H3,(H,20,21)/t14-/m0/s1. The van der Waals surface area contributed by atoms with Gasteiger partial charge in [-0.2, -0.15) is 0 Å². The van der Waals surface area contributed by atoms with Crippen LogP contribution in [0.5, 0.6) is 0 Å². The van der Waals surface area contributed by atoms with Gasteiger partial charge in [0.1, 0.15) is 6.04 Å². The van der Waals surface area contributed by atoms with Crippen molar-refractivity contribution in [1.29, 1.82) is 0 Å². The van der Waals surface area contributed by atoms with Crippen LogP contribution in [0.4, 0.5) is 4.79 Å². The van der Waals surface area contributed by atoms with E-state index in [1.807, 2.05) is 6.08 Å². The lowest BCUT2D eigenvalue weighted by Crippen LogP contribution is -2.48. The molecule has 1 aliphatic carbocycles. The second-order valence-corrected chi connectivity index (χ2v) is 5.93. The fourth-order valence-electron chi connectivity index (χ4n) is 2.98. The predicted octanol–water partition coefficient (Wildman–Crippen LogP) is 3.02. The van der Waals surface area contributed by atoms with Crippen molar-refractivity contribution in [3.63, 3.8) is 0 Å². The van der Waals surface area contributed by atoms with Gasteiger partial charge in [0.15, 0.2) is 0 Å². The highest BCUT2D eigenvalue weighted by molar-refractivity contribution is 5.85. The molecule has 1 rings (SSSR count). The predicted molar refractivity (Wildman–Crippen MR) is 83.2 cm³/mol. The van der Waals surface area contributed by atoms with E-state index < -0.39 is 12.1 Å². The van der Waals surface area contributed by atoms with Gasteiger partial charge in [-0.3, -0.25) is 4.79 Å². The number of carboxylic acid groups (broad SMARTS) is 1. The molecule has 1 atom stereocenters. The Morgan fingerprint density at radius 2 is 2.05 bits per heavy atom. The Bertz CT molecular complexity index is 351. The van der Waals surface area contributed by atoms with Gasteiger partial charge < -0.3 is 15.3 Å². The van der Waals surface area contributed by atoms with Crippen LogP contribution in [0.3, 0.4) is 0 Å². The van der Waals surface area contributed by atoms with Crippen molar-refractivity contribution in [2.24, 2.45) is 5.92 Å². The molecule has 1 aliphatic rings. The van der Waals surface area contributed by atoms with E-state index in [9.17, 15) is 9.59 Å². The zero-order chi connectivity index (χ0) is 15.7. The molecular weight excluding hydrogens is 268 g/mol. The number of allylic oxidation sites excluding steroid dienone is 1. The van der Waals surface area contributed by atoms with Crippen LogP contribution in [0.2, 0.25) is 0 Å². The largest absolute Gasteiger partial charge is 0.465 e. The average Bonchev–Trinajstić information content (AvgIpc) is 2.46. The molecular formula is C16H28N2O3. The summed E-state index contributed by atoms with van der Waals surface area (Å²) in [7, 11) is 1.74. The molecule has 0 spiro atoms. The van der Waals surface area contributed by atoms with Crippen molar-refractivity contribution in [3.8, 4) is 0 Å². The SMILES string of the molecule is C=CCCCN(C)C(=O)[C@H](CC1CCCCC1)NC(=O)O. The van der Waals surface area contributed by atoms with Gasteiger partial charge in [0.25, 0.3) is 0 Å². The van der Waals surface area contributed by atoms with Crippen LogP contribution in [-0.4, -0.2) is 41.6 Å². The molecule has 0 saturated heterocycles. The molecule has 0 aliphatic heterocycles. The first-order valence-corrected chi connectivity index (χ1v) is 7.90. The number of unbranched alkanes of at least 4 members (excludes halogenated alkanes) is 1. The Morgan fingerprint density at radius 3 is 2.62 bits per heavy atom. The minimum atomic E-state index is -1.12. The van der Waals surface area contributed by atoms with E-state index in [-0.39, 0.29) is 5.91 Å². The van der Waals surface area contributed by atoms with E-state index in [1.54, 1.807) is 11.9 Å². The summed E-state index contributed by atoms with van der Waals surface area (Å²) < 4.78 is 0. The highest BCUT2D eigenvalue weighted by atomic mass is 16.4. The zero-order valence-corrected chi connectivity index (χ0v) is 13.0. The topological polar surface area (TPSA) is 69.6 Å². The van der Waals surface area contributed by atoms with Gasteiger partial charge in [-0.15, -0.1) is 6.58 Å². The Morgan fingerprint density at radius 1 is 1.38 bits per heavy atom. The third kappa shape index (κ3) is 6.65. The minimum Gasteiger partial charge on any atom is -0.465 e. The summed E-state index contributed by atoms with van der Waals surface area (Å²) in [6.07, 6.45) is 8.88. The van der Waals surface area contributed by atoms with Gasteiger partial charge in [-0.1, -0.05) is 38.2 Å². The summed E-state index contributed by atoms with van der Waals surface area (Å²) in [5, 5.41) is 11.4. The summed E-state index contributed by atoms with van der Waals surface area (Å²) in [6.45, 7) is 4.29. The maximum absolute atomic E-state index is 12.4. The van der Waals surface area contributed by atoms with Crippen molar-refractivity contribution in [3.05, 3.63) is 12.7 Å². The monoisotopic (exact) mass is 296 g/mol. The van der Waals surface area contributed by atoms with Crippen LogP contribution in [0.25, 0.3) is 0 Å². The van der Waals surface area contributed by atoms with Crippen molar-refractivity contribution < 1.29 is 14.7 Å². The molecule has 2 amide bonds. The Labute approximate surface area is 127 Å². The molecule has 0 radical (unpaired) electrons. The molecule has 0 unspecified atom stereocenters. The van der Waals surface area contributed by atoms with Crippen LogP contribution < -0.4 is 5.32 Å². The van der Waals surface area contributed by atoms with Gasteiger partial charge in [0, 0.05) is 13.6 Å². The summed E-state index contributed by atoms with van der Waals surface area (Å²) in [6, 6.07) is -0.612. The molecule has 21 heavy (non-hydrogen) atoms. The lowest BCUT2D eigenvalue weighted by Gasteiger charge is -2.28. The van der Waals surface area contributed by atoms with E-state index in [0.29, 0.717) is 18.9 Å². The molecule has 0 aromatic heterocycles. The number of rotatable bonds is 8. The van der Waals surface area contributed by atoms with Gasteiger partial charge in [-0.05, 0) is 25.2 Å². The second kappa shape index (κ2) is 9.42. The highest BCUT2D eigenvalue weighted by Crippen LogP contribution is 2.27. The first-order valence-electron chi connectivity index (χ1n) is 7.90. The Kier molecular flexibility index (Phi) is 7.87. The van der Waals surface area contributed by atoms with Crippen LogP contribution in [0, 0.1) is 5.92 Å². The fraction of sp³-hybridized carbons (Fsp3) is 0.750. The molecule has 5 heteroatoms.